The van der Waals surface area contributed by atoms with Gasteiger partial charge >= 0.3 is 5.97 Å². The van der Waals surface area contributed by atoms with Crippen molar-refractivity contribution in [3.63, 3.8) is 0 Å². The predicted octanol–water partition coefficient (Wildman–Crippen LogP) is 5.60. The molecule has 188 valence electrons. The molecule has 9 heteroatoms. The lowest BCUT2D eigenvalue weighted by atomic mass is 9.75. The maximum atomic E-state index is 16.4. The van der Waals surface area contributed by atoms with E-state index in [1.54, 1.807) is 44.2 Å². The van der Waals surface area contributed by atoms with Gasteiger partial charge in [-0.05, 0) is 30.5 Å². The summed E-state index contributed by atoms with van der Waals surface area (Å²) in [6, 6.07) is 13.2. The number of rotatable bonds is 8. The lowest BCUT2D eigenvalue weighted by Crippen LogP contribution is -2.53. The van der Waals surface area contributed by atoms with Gasteiger partial charge in [-0.1, -0.05) is 62.2 Å². The van der Waals surface area contributed by atoms with Crippen molar-refractivity contribution >= 4 is 14.0 Å². The summed E-state index contributed by atoms with van der Waals surface area (Å²) in [7, 11) is -2.64. The zero-order valence-electron chi connectivity index (χ0n) is 20.2. The number of aromatic nitrogens is 1. The molecule has 0 radical (unpaired) electrons. The Morgan fingerprint density at radius 2 is 1.69 bits per heavy atom. The summed E-state index contributed by atoms with van der Waals surface area (Å²) in [5.41, 5.74) is -2.49. The fraction of sp³-hybridized carbons (Fsp3) is 0.259. The van der Waals surface area contributed by atoms with Gasteiger partial charge in [0.05, 0.1) is 5.69 Å². The van der Waals surface area contributed by atoms with Gasteiger partial charge < -0.3 is 14.7 Å². The van der Waals surface area contributed by atoms with Crippen LogP contribution in [0.1, 0.15) is 37.9 Å². The summed E-state index contributed by atoms with van der Waals surface area (Å²) in [4.78, 5) is 17.0. The molecule has 0 saturated carbocycles. The van der Waals surface area contributed by atoms with Crippen LogP contribution in [0.3, 0.4) is 0 Å². The molecule has 0 spiro atoms. The summed E-state index contributed by atoms with van der Waals surface area (Å²) in [6.07, 6.45) is 5.59. The lowest BCUT2D eigenvalue weighted by molar-refractivity contribution is -0.145. The van der Waals surface area contributed by atoms with Crippen molar-refractivity contribution in [1.82, 2.24) is 4.98 Å². The number of nitrogens with zero attached hydrogens (tertiary/aromatic N) is 1. The summed E-state index contributed by atoms with van der Waals surface area (Å²) in [5, 5.41) is 19.3. The van der Waals surface area contributed by atoms with Crippen LogP contribution in [-0.4, -0.2) is 33.4 Å². The van der Waals surface area contributed by atoms with Crippen LogP contribution in [0.5, 0.6) is 0 Å². The molecule has 1 heterocycles. The molecule has 0 amide bonds. The Kier molecular flexibility index (Phi) is 7.80. The molecule has 3 atom stereocenters. The summed E-state index contributed by atoms with van der Waals surface area (Å²) < 4.78 is 48.0. The van der Waals surface area contributed by atoms with Gasteiger partial charge in [0, 0.05) is 23.8 Å². The predicted molar refractivity (Wildman–Crippen MR) is 134 cm³/mol. The molecule has 0 saturated heterocycles. The van der Waals surface area contributed by atoms with E-state index in [4.69, 9.17) is 10.9 Å². The number of carbonyl (C=O) groups is 1. The van der Waals surface area contributed by atoms with Gasteiger partial charge in [-0.2, -0.15) is 0 Å². The molecule has 2 aromatic carbocycles. The highest BCUT2D eigenvalue weighted by molar-refractivity contribution is 7.43. The van der Waals surface area contributed by atoms with Crippen molar-refractivity contribution in [2.75, 3.05) is 7.11 Å². The topological polar surface area (TPSA) is 96.7 Å². The number of carboxylic acid groups (broad SMARTS) is 1. The highest BCUT2D eigenvalue weighted by Gasteiger charge is 2.60. The molecule has 1 aromatic heterocycles. The van der Waals surface area contributed by atoms with Gasteiger partial charge in [-0.15, -0.1) is 6.42 Å². The van der Waals surface area contributed by atoms with E-state index in [-0.39, 0.29) is 28.1 Å². The van der Waals surface area contributed by atoms with Crippen LogP contribution >= 0.6 is 8.03 Å². The first-order chi connectivity index (χ1) is 16.9. The molecule has 0 aliphatic carbocycles. The number of pyridine rings is 1. The highest BCUT2D eigenvalue weighted by atomic mass is 31.1. The molecule has 0 aliphatic rings. The molecule has 0 aliphatic heterocycles. The number of hydrogen-bond donors (Lipinski definition) is 2. The molecule has 0 fully saturated rings. The zero-order valence-corrected chi connectivity index (χ0v) is 21.2. The van der Waals surface area contributed by atoms with Crippen molar-refractivity contribution in [2.24, 2.45) is 0 Å². The van der Waals surface area contributed by atoms with Crippen LogP contribution in [0, 0.1) is 24.0 Å². The molecule has 2 N–H and O–H groups in total. The van der Waals surface area contributed by atoms with Crippen LogP contribution in [0.25, 0.3) is 22.4 Å². The Morgan fingerprint density at radius 3 is 2.17 bits per heavy atom. The van der Waals surface area contributed by atoms with Crippen molar-refractivity contribution in [3.8, 4) is 34.7 Å². The third kappa shape index (κ3) is 4.35. The number of aliphatic carboxylic acids is 1. The van der Waals surface area contributed by atoms with E-state index in [0.717, 1.165) is 26.2 Å². The minimum atomic E-state index is -3.65. The van der Waals surface area contributed by atoms with Crippen LogP contribution in [-0.2, 0) is 19.5 Å². The third-order valence-corrected chi connectivity index (χ3v) is 7.97. The van der Waals surface area contributed by atoms with E-state index in [1.807, 2.05) is 5.92 Å². The normalized spacial score (nSPS) is 15.5. The van der Waals surface area contributed by atoms with Crippen molar-refractivity contribution < 1.29 is 32.9 Å². The van der Waals surface area contributed by atoms with E-state index >= 15 is 4.39 Å². The Labute approximate surface area is 208 Å². The fourth-order valence-electron chi connectivity index (χ4n) is 4.26. The molecule has 36 heavy (non-hydrogen) atoms. The second-order valence-corrected chi connectivity index (χ2v) is 10.4. The number of benzene rings is 2. The van der Waals surface area contributed by atoms with E-state index < -0.39 is 42.3 Å². The maximum absolute atomic E-state index is 16.4. The Bertz CT molecular complexity index is 1350. The monoisotopic (exact) mass is 513 g/mol. The van der Waals surface area contributed by atoms with Crippen LogP contribution < -0.4 is 0 Å². The van der Waals surface area contributed by atoms with Crippen LogP contribution in [0.15, 0.2) is 54.6 Å². The van der Waals surface area contributed by atoms with Crippen LogP contribution in [0.2, 0.25) is 0 Å². The number of hydrogen-bond acceptors (Lipinski definition) is 5. The van der Waals surface area contributed by atoms with Gasteiger partial charge in [-0.25, -0.2) is 18.6 Å². The number of carboxylic acids is 1. The number of halogens is 2. The minimum Gasteiger partial charge on any atom is -0.480 e. The van der Waals surface area contributed by atoms with E-state index in [9.17, 15) is 24.0 Å². The number of terminal acetylenes is 1. The lowest BCUT2D eigenvalue weighted by Gasteiger charge is -2.40. The van der Waals surface area contributed by atoms with Crippen molar-refractivity contribution in [3.05, 3.63) is 77.5 Å². The summed E-state index contributed by atoms with van der Waals surface area (Å²) >= 11 is 0. The van der Waals surface area contributed by atoms with Crippen molar-refractivity contribution in [1.29, 1.82) is 0 Å². The standard InChI is InChI=1S/C27H26F2NO5P/c1-6-27(25(31)32,36(34)35-5)26(4,33)21-20(17-12-14-19(28)15-13-17)22(29)24(30-23(21)16(2)3)18-10-8-7-9-11-18/h1,7-16,33,36H,2-5H3,(H,31,32). The maximum Gasteiger partial charge on any atom is 0.335 e. The SMILES string of the molecule is C#CC(C(=O)O)([PH](=O)OC)C(C)(O)c1c(C(C)C)nc(-c2ccccc2)c(F)c1-c1ccc(F)cc1. The molecule has 6 nitrogen and oxygen atoms in total. The summed E-state index contributed by atoms with van der Waals surface area (Å²) in [5.74, 6) is -1.75. The Balaban J connectivity index is 2.59. The van der Waals surface area contributed by atoms with Gasteiger partial charge in [0.15, 0.2) is 5.82 Å². The quantitative estimate of drug-likeness (QED) is 0.301. The van der Waals surface area contributed by atoms with Crippen molar-refractivity contribution in [2.45, 2.75) is 37.4 Å². The first kappa shape index (κ1) is 27.2. The Morgan fingerprint density at radius 1 is 1.11 bits per heavy atom. The fourth-order valence-corrected chi connectivity index (χ4v) is 5.38. The van der Waals surface area contributed by atoms with Gasteiger partial charge in [0.25, 0.3) is 0 Å². The average molecular weight is 513 g/mol. The molecule has 3 rings (SSSR count). The third-order valence-electron chi connectivity index (χ3n) is 6.14. The van der Waals surface area contributed by atoms with E-state index in [1.165, 1.54) is 12.1 Å². The molecular formula is C27H26F2NO5P. The summed E-state index contributed by atoms with van der Waals surface area (Å²) in [6.45, 7) is 4.50. The van der Waals surface area contributed by atoms with Gasteiger partial charge in [-0.3, -0.25) is 4.57 Å². The largest absolute Gasteiger partial charge is 0.480 e. The minimum absolute atomic E-state index is 0.0563. The molecule has 3 aromatic rings. The zero-order chi connectivity index (χ0) is 26.8. The first-order valence-electron chi connectivity index (χ1n) is 11.0. The highest BCUT2D eigenvalue weighted by Crippen LogP contribution is 2.55. The smallest absolute Gasteiger partial charge is 0.335 e. The Hall–Kier alpha value is -3.37. The number of aliphatic hydroxyl groups is 1. The first-order valence-corrected chi connectivity index (χ1v) is 12.3. The van der Waals surface area contributed by atoms with Crippen LogP contribution in [0.4, 0.5) is 8.78 Å². The van der Waals surface area contributed by atoms with Gasteiger partial charge in [0.1, 0.15) is 17.1 Å². The van der Waals surface area contributed by atoms with E-state index in [0.29, 0.717) is 5.56 Å². The van der Waals surface area contributed by atoms with Gasteiger partial charge in [0.2, 0.25) is 13.2 Å². The molecular weight excluding hydrogens is 487 g/mol. The second kappa shape index (κ2) is 10.3. The second-order valence-electron chi connectivity index (χ2n) is 8.70. The van der Waals surface area contributed by atoms with E-state index in [2.05, 4.69) is 4.98 Å². The molecule has 0 bridgehead atoms. The molecule has 3 unspecified atom stereocenters. The average Bonchev–Trinajstić information content (AvgIpc) is 2.84.